The average Bonchev–Trinajstić information content (AvgIpc) is 1.93. The van der Waals surface area contributed by atoms with Crippen LogP contribution in [-0.2, 0) is 22.4 Å². The Morgan fingerprint density at radius 2 is 1.79 bits per heavy atom. The van der Waals surface area contributed by atoms with Crippen molar-refractivity contribution in [1.82, 2.24) is 4.90 Å². The maximum atomic E-state index is 3.23. The van der Waals surface area contributed by atoms with E-state index < -0.39 is 0 Å². The number of rotatable bonds is 2. The summed E-state index contributed by atoms with van der Waals surface area (Å²) in [5.41, 5.74) is 4.48. The SMILES string of the molecule is C[C]1C=C=C(CN(C)C)C=C1.[Au].[Cl-].[Cl-]. The van der Waals surface area contributed by atoms with Gasteiger partial charge in [0.15, 0.2) is 0 Å². The number of likely N-dealkylation sites (N-methyl/N-ethyl adjacent to an activating group) is 1. The zero-order valence-electron chi connectivity index (χ0n) is 8.44. The van der Waals surface area contributed by atoms with Crippen molar-refractivity contribution in [1.29, 1.82) is 0 Å². The average molecular weight is 416 g/mol. The molecule has 86 valence electrons. The van der Waals surface area contributed by atoms with Crippen LogP contribution in [-0.4, -0.2) is 25.5 Å². The smallest absolute Gasteiger partial charge is 0.0300 e. The zero-order chi connectivity index (χ0) is 8.27. The molecule has 0 bridgehead atoms. The van der Waals surface area contributed by atoms with Crippen LogP contribution >= 0.6 is 0 Å². The van der Waals surface area contributed by atoms with Gasteiger partial charge in [0.25, 0.3) is 0 Å². The van der Waals surface area contributed by atoms with Crippen LogP contribution < -0.4 is 24.8 Å². The molecular formula is C10H14AuCl2N-2. The van der Waals surface area contributed by atoms with Crippen LogP contribution in [0.15, 0.2) is 29.5 Å². The second-order valence-electron chi connectivity index (χ2n) is 3.13. The fourth-order valence-corrected chi connectivity index (χ4v) is 0.974. The van der Waals surface area contributed by atoms with Gasteiger partial charge in [0, 0.05) is 40.4 Å². The molecule has 1 rings (SSSR count). The quantitative estimate of drug-likeness (QED) is 0.326. The predicted octanol–water partition coefficient (Wildman–Crippen LogP) is -4.20. The van der Waals surface area contributed by atoms with Crippen molar-refractivity contribution >= 4 is 0 Å². The minimum Gasteiger partial charge on any atom is -1.00 e. The van der Waals surface area contributed by atoms with E-state index in [1.807, 2.05) is 6.08 Å². The van der Waals surface area contributed by atoms with Crippen LogP contribution in [0.5, 0.6) is 0 Å². The van der Waals surface area contributed by atoms with E-state index in [1.54, 1.807) is 0 Å². The standard InChI is InChI=1S/C10H14N.Au.2ClH/c1-9-4-6-10(7-5-9)8-11(2)3;;;/h4-6H,8H2,1-3H3;;2*1H/p-2. The summed E-state index contributed by atoms with van der Waals surface area (Å²) >= 11 is 0. The van der Waals surface area contributed by atoms with Gasteiger partial charge in [-0.2, -0.15) is 0 Å². The normalized spacial score (nSPS) is 13.9. The van der Waals surface area contributed by atoms with E-state index in [-0.39, 0.29) is 47.2 Å². The Balaban J connectivity index is -0.000000403. The zero-order valence-corrected chi connectivity index (χ0v) is 12.1. The molecule has 0 aromatic rings. The molecule has 0 amide bonds. The van der Waals surface area contributed by atoms with E-state index in [0.717, 1.165) is 6.54 Å². The molecule has 1 aliphatic rings. The second-order valence-corrected chi connectivity index (χ2v) is 3.13. The van der Waals surface area contributed by atoms with Crippen LogP contribution in [0.25, 0.3) is 0 Å². The third kappa shape index (κ3) is 7.90. The fraction of sp³-hybridized carbons (Fsp3) is 0.400. The first-order chi connectivity index (χ1) is 5.18. The van der Waals surface area contributed by atoms with Crippen LogP contribution in [0.4, 0.5) is 0 Å². The van der Waals surface area contributed by atoms with Crippen molar-refractivity contribution in [2.45, 2.75) is 6.92 Å². The summed E-state index contributed by atoms with van der Waals surface area (Å²) in [5.74, 6) is 1.27. The van der Waals surface area contributed by atoms with Crippen molar-refractivity contribution in [3.63, 3.8) is 0 Å². The van der Waals surface area contributed by atoms with Crippen molar-refractivity contribution in [3.05, 3.63) is 35.5 Å². The molecule has 0 aromatic heterocycles. The van der Waals surface area contributed by atoms with Crippen LogP contribution in [0.2, 0.25) is 0 Å². The Kier molecular flexibility index (Phi) is 14.4. The molecule has 2 radical (unpaired) electrons. The molecule has 0 aliphatic heterocycles. The van der Waals surface area contributed by atoms with E-state index in [2.05, 4.69) is 43.8 Å². The maximum absolute atomic E-state index is 3.23. The molecular weight excluding hydrogens is 402 g/mol. The van der Waals surface area contributed by atoms with Gasteiger partial charge in [-0.05, 0) is 20.2 Å². The van der Waals surface area contributed by atoms with Gasteiger partial charge >= 0.3 is 0 Å². The summed E-state index contributed by atoms with van der Waals surface area (Å²) < 4.78 is 0. The van der Waals surface area contributed by atoms with Gasteiger partial charge in [-0.1, -0.05) is 19.1 Å². The first-order valence-electron chi connectivity index (χ1n) is 3.80. The number of nitrogens with zero attached hydrogens (tertiary/aromatic N) is 1. The molecule has 0 unspecified atom stereocenters. The van der Waals surface area contributed by atoms with Crippen LogP contribution in [0.1, 0.15) is 6.92 Å². The maximum Gasteiger partial charge on any atom is 0.0300 e. The van der Waals surface area contributed by atoms with Gasteiger partial charge in [-0.15, -0.1) is 5.73 Å². The minimum atomic E-state index is 0. The Hall–Kier alpha value is 0.540. The molecule has 14 heavy (non-hydrogen) atoms. The van der Waals surface area contributed by atoms with Gasteiger partial charge in [-0.25, -0.2) is 0 Å². The van der Waals surface area contributed by atoms with Gasteiger partial charge in [0.05, 0.1) is 0 Å². The van der Waals surface area contributed by atoms with Gasteiger partial charge in [0.1, 0.15) is 0 Å². The molecule has 1 nitrogen and oxygen atoms in total. The van der Waals surface area contributed by atoms with Gasteiger partial charge in [-0.3, -0.25) is 0 Å². The monoisotopic (exact) mass is 415 g/mol. The molecule has 0 atom stereocenters. The van der Waals surface area contributed by atoms with Crippen molar-refractivity contribution in [3.8, 4) is 0 Å². The Bertz CT molecular complexity index is 230. The molecule has 0 saturated carbocycles. The summed E-state index contributed by atoms with van der Waals surface area (Å²) in [6.07, 6.45) is 6.27. The Morgan fingerprint density at radius 1 is 1.21 bits per heavy atom. The third-order valence-corrected chi connectivity index (χ3v) is 1.52. The predicted molar refractivity (Wildman–Crippen MR) is 48.2 cm³/mol. The first-order valence-corrected chi connectivity index (χ1v) is 3.80. The van der Waals surface area contributed by atoms with Crippen molar-refractivity contribution in [2.24, 2.45) is 0 Å². The van der Waals surface area contributed by atoms with E-state index in [9.17, 15) is 0 Å². The summed E-state index contributed by atoms with van der Waals surface area (Å²) in [5, 5.41) is 0. The molecule has 0 fully saturated rings. The van der Waals surface area contributed by atoms with Gasteiger partial charge < -0.3 is 29.7 Å². The molecule has 0 heterocycles. The summed E-state index contributed by atoms with van der Waals surface area (Å²) in [6, 6.07) is 0. The molecule has 0 saturated heterocycles. The van der Waals surface area contributed by atoms with Gasteiger partial charge in [0.2, 0.25) is 0 Å². The largest absolute Gasteiger partial charge is 1.00 e. The summed E-state index contributed by atoms with van der Waals surface area (Å²) in [6.45, 7) is 3.05. The van der Waals surface area contributed by atoms with Crippen LogP contribution in [0, 0.1) is 5.92 Å². The number of allylic oxidation sites excluding steroid dienone is 1. The Morgan fingerprint density at radius 3 is 2.14 bits per heavy atom. The Labute approximate surface area is 115 Å². The summed E-state index contributed by atoms with van der Waals surface area (Å²) in [7, 11) is 4.13. The summed E-state index contributed by atoms with van der Waals surface area (Å²) in [4.78, 5) is 2.14. The fourth-order valence-electron chi connectivity index (χ4n) is 0.974. The molecule has 0 spiro atoms. The van der Waals surface area contributed by atoms with Crippen LogP contribution in [0.3, 0.4) is 0 Å². The topological polar surface area (TPSA) is 3.24 Å². The molecule has 4 heteroatoms. The second kappa shape index (κ2) is 10.1. The van der Waals surface area contributed by atoms with E-state index >= 15 is 0 Å². The van der Waals surface area contributed by atoms with E-state index in [0.29, 0.717) is 0 Å². The molecule has 1 aliphatic carbocycles. The number of hydrogen-bond acceptors (Lipinski definition) is 1. The third-order valence-electron chi connectivity index (χ3n) is 1.52. The number of halogens is 2. The first kappa shape index (κ1) is 20.0. The van der Waals surface area contributed by atoms with E-state index in [1.165, 1.54) is 11.5 Å². The number of hydrogen-bond donors (Lipinski definition) is 0. The van der Waals surface area contributed by atoms with E-state index in [4.69, 9.17) is 0 Å². The molecule has 0 aromatic carbocycles. The van der Waals surface area contributed by atoms with Crippen molar-refractivity contribution in [2.75, 3.05) is 20.6 Å². The molecule has 0 N–H and O–H groups in total. The van der Waals surface area contributed by atoms with Crippen molar-refractivity contribution < 1.29 is 47.2 Å². The minimum absolute atomic E-state index is 0.